The van der Waals surface area contributed by atoms with Crippen molar-refractivity contribution in [3.8, 4) is 5.88 Å². The SMILES string of the molecule is CC(C)Oc1cc(CNS(=O)(=O)c2ccc(N3CCC(n4cnc5ccccc54)C3)nc2)ccn1. The van der Waals surface area contributed by atoms with Gasteiger partial charge in [-0.25, -0.2) is 28.1 Å². The van der Waals surface area contributed by atoms with E-state index < -0.39 is 10.0 Å². The van der Waals surface area contributed by atoms with Gasteiger partial charge in [0.2, 0.25) is 15.9 Å². The molecule has 0 bridgehead atoms. The molecular weight excluding hydrogens is 464 g/mol. The molecule has 1 atom stereocenters. The molecule has 35 heavy (non-hydrogen) atoms. The zero-order valence-electron chi connectivity index (χ0n) is 19.7. The fourth-order valence-corrected chi connectivity index (χ4v) is 5.25. The maximum Gasteiger partial charge on any atom is 0.242 e. The van der Waals surface area contributed by atoms with Gasteiger partial charge in [0.05, 0.1) is 29.5 Å². The van der Waals surface area contributed by atoms with E-state index in [9.17, 15) is 8.42 Å². The number of sulfonamides is 1. The topological polar surface area (TPSA) is 102 Å². The van der Waals surface area contributed by atoms with Crippen LogP contribution in [0.15, 0.2) is 72.1 Å². The molecule has 1 fully saturated rings. The van der Waals surface area contributed by atoms with Crippen LogP contribution in [0.1, 0.15) is 31.9 Å². The van der Waals surface area contributed by atoms with Crippen LogP contribution in [0.5, 0.6) is 5.88 Å². The second-order valence-electron chi connectivity index (χ2n) is 8.87. The summed E-state index contributed by atoms with van der Waals surface area (Å²) >= 11 is 0. The van der Waals surface area contributed by atoms with Gasteiger partial charge in [-0.2, -0.15) is 0 Å². The van der Waals surface area contributed by atoms with Crippen LogP contribution < -0.4 is 14.4 Å². The molecule has 1 N–H and O–H groups in total. The van der Waals surface area contributed by atoms with Crippen LogP contribution >= 0.6 is 0 Å². The number of rotatable bonds is 8. The molecule has 182 valence electrons. The molecule has 5 rings (SSSR count). The van der Waals surface area contributed by atoms with E-state index >= 15 is 0 Å². The Morgan fingerprint density at radius 1 is 1.11 bits per heavy atom. The van der Waals surface area contributed by atoms with Crippen LogP contribution in [0.4, 0.5) is 5.82 Å². The zero-order valence-corrected chi connectivity index (χ0v) is 20.5. The van der Waals surface area contributed by atoms with Gasteiger partial charge >= 0.3 is 0 Å². The molecular formula is C25H28N6O3S. The molecule has 3 aromatic heterocycles. The van der Waals surface area contributed by atoms with E-state index in [0.717, 1.165) is 41.9 Å². The predicted molar refractivity (Wildman–Crippen MR) is 134 cm³/mol. The Morgan fingerprint density at radius 2 is 1.97 bits per heavy atom. The summed E-state index contributed by atoms with van der Waals surface area (Å²) in [6, 6.07) is 15.3. The number of pyridine rings is 2. The third kappa shape index (κ3) is 5.13. The third-order valence-corrected chi connectivity index (χ3v) is 7.40. The van der Waals surface area contributed by atoms with Crippen molar-refractivity contribution >= 4 is 26.9 Å². The minimum Gasteiger partial charge on any atom is -0.475 e. The predicted octanol–water partition coefficient (Wildman–Crippen LogP) is 3.54. The van der Waals surface area contributed by atoms with Gasteiger partial charge in [0, 0.05) is 38.1 Å². The van der Waals surface area contributed by atoms with Gasteiger partial charge in [-0.1, -0.05) is 12.1 Å². The first-order valence-corrected chi connectivity index (χ1v) is 13.1. The largest absolute Gasteiger partial charge is 0.475 e. The van der Waals surface area contributed by atoms with Gasteiger partial charge in [0.25, 0.3) is 0 Å². The summed E-state index contributed by atoms with van der Waals surface area (Å²) < 4.78 is 36.0. The molecule has 0 saturated carbocycles. The lowest BCUT2D eigenvalue weighted by molar-refractivity contribution is 0.232. The smallest absolute Gasteiger partial charge is 0.242 e. The molecule has 1 aliphatic rings. The van der Waals surface area contributed by atoms with Crippen molar-refractivity contribution in [1.82, 2.24) is 24.2 Å². The van der Waals surface area contributed by atoms with Gasteiger partial charge < -0.3 is 14.2 Å². The van der Waals surface area contributed by atoms with Crippen molar-refractivity contribution in [2.45, 2.75) is 43.9 Å². The zero-order chi connectivity index (χ0) is 24.4. The molecule has 0 spiro atoms. The number of fused-ring (bicyclic) bond motifs is 1. The molecule has 1 saturated heterocycles. The fourth-order valence-electron chi connectivity index (χ4n) is 4.29. The summed E-state index contributed by atoms with van der Waals surface area (Å²) in [6.07, 6.45) is 5.88. The lowest BCUT2D eigenvalue weighted by Crippen LogP contribution is -2.24. The Bertz CT molecular complexity index is 1420. The van der Waals surface area contributed by atoms with E-state index in [1.165, 1.54) is 6.20 Å². The molecule has 10 heteroatoms. The van der Waals surface area contributed by atoms with Crippen molar-refractivity contribution < 1.29 is 13.2 Å². The van der Waals surface area contributed by atoms with Crippen LogP contribution in [0.25, 0.3) is 11.0 Å². The number of hydrogen-bond acceptors (Lipinski definition) is 7. The number of ether oxygens (including phenoxy) is 1. The first-order chi connectivity index (χ1) is 16.9. The normalized spacial score (nSPS) is 16.3. The molecule has 0 amide bonds. The van der Waals surface area contributed by atoms with Gasteiger partial charge in [-0.3, -0.25) is 0 Å². The Morgan fingerprint density at radius 3 is 2.77 bits per heavy atom. The maximum atomic E-state index is 12.8. The average molecular weight is 493 g/mol. The summed E-state index contributed by atoms with van der Waals surface area (Å²) in [6.45, 7) is 5.59. The molecule has 1 unspecified atom stereocenters. The van der Waals surface area contributed by atoms with E-state index in [-0.39, 0.29) is 17.5 Å². The average Bonchev–Trinajstić information content (AvgIpc) is 3.50. The summed E-state index contributed by atoms with van der Waals surface area (Å²) in [7, 11) is -3.71. The van der Waals surface area contributed by atoms with E-state index in [4.69, 9.17) is 4.74 Å². The quantitative estimate of drug-likeness (QED) is 0.401. The minimum absolute atomic E-state index is 0.00999. The highest BCUT2D eigenvalue weighted by Crippen LogP contribution is 2.29. The number of nitrogens with one attached hydrogen (secondary N) is 1. The first kappa shape index (κ1) is 23.3. The van der Waals surface area contributed by atoms with Crippen molar-refractivity contribution in [2.75, 3.05) is 18.0 Å². The number of para-hydroxylation sites is 2. The number of imidazole rings is 1. The second kappa shape index (κ2) is 9.63. The van der Waals surface area contributed by atoms with Crippen LogP contribution in [-0.2, 0) is 16.6 Å². The number of nitrogens with zero attached hydrogens (tertiary/aromatic N) is 5. The van der Waals surface area contributed by atoms with Crippen LogP contribution in [0, 0.1) is 0 Å². The minimum atomic E-state index is -3.71. The third-order valence-electron chi connectivity index (χ3n) is 6.01. The van der Waals surface area contributed by atoms with E-state index in [1.54, 1.807) is 30.5 Å². The van der Waals surface area contributed by atoms with Crippen LogP contribution in [0.3, 0.4) is 0 Å². The maximum absolute atomic E-state index is 12.8. The highest BCUT2D eigenvalue weighted by molar-refractivity contribution is 7.89. The molecule has 9 nitrogen and oxygen atoms in total. The summed E-state index contributed by atoms with van der Waals surface area (Å²) in [5.41, 5.74) is 2.87. The number of benzene rings is 1. The summed E-state index contributed by atoms with van der Waals surface area (Å²) in [4.78, 5) is 15.4. The molecule has 0 aliphatic carbocycles. The number of hydrogen-bond donors (Lipinski definition) is 1. The van der Waals surface area contributed by atoms with Gasteiger partial charge in [-0.15, -0.1) is 0 Å². The van der Waals surface area contributed by atoms with Crippen LogP contribution in [-0.4, -0.2) is 47.1 Å². The van der Waals surface area contributed by atoms with Gasteiger partial charge in [0.15, 0.2) is 0 Å². The second-order valence-corrected chi connectivity index (χ2v) is 10.6. The van der Waals surface area contributed by atoms with Crippen molar-refractivity contribution in [2.24, 2.45) is 0 Å². The lowest BCUT2D eigenvalue weighted by Gasteiger charge is -2.18. The number of aromatic nitrogens is 4. The van der Waals surface area contributed by atoms with Crippen molar-refractivity contribution in [3.05, 3.63) is 72.8 Å². The summed E-state index contributed by atoms with van der Waals surface area (Å²) in [5.74, 6) is 1.23. The highest BCUT2D eigenvalue weighted by atomic mass is 32.2. The molecule has 1 aromatic carbocycles. The molecule has 1 aliphatic heterocycles. The van der Waals surface area contributed by atoms with Crippen LogP contribution in [0.2, 0.25) is 0 Å². The Labute approximate surface area is 204 Å². The molecule has 4 aromatic rings. The Kier molecular flexibility index (Phi) is 6.40. The molecule has 0 radical (unpaired) electrons. The monoisotopic (exact) mass is 492 g/mol. The van der Waals surface area contributed by atoms with Crippen molar-refractivity contribution in [3.63, 3.8) is 0 Å². The molecule has 4 heterocycles. The van der Waals surface area contributed by atoms with Gasteiger partial charge in [0.1, 0.15) is 10.7 Å². The summed E-state index contributed by atoms with van der Waals surface area (Å²) in [5, 5.41) is 0. The lowest BCUT2D eigenvalue weighted by atomic mass is 10.2. The number of anilines is 1. The van der Waals surface area contributed by atoms with Gasteiger partial charge in [-0.05, 0) is 56.2 Å². The van der Waals surface area contributed by atoms with E-state index in [0.29, 0.717) is 11.9 Å². The first-order valence-electron chi connectivity index (χ1n) is 11.6. The fraction of sp³-hybridized carbons (Fsp3) is 0.320. The van der Waals surface area contributed by atoms with E-state index in [1.807, 2.05) is 38.4 Å². The highest BCUT2D eigenvalue weighted by Gasteiger charge is 2.26. The Hall–Kier alpha value is -3.50. The Balaban J connectivity index is 1.23. The van der Waals surface area contributed by atoms with Crippen molar-refractivity contribution in [1.29, 1.82) is 0 Å². The standard InChI is InChI=1S/C25H28N6O3S/c1-18(2)34-25-13-19(9-11-26-25)14-29-35(32,33)21-7-8-24(27-15-21)30-12-10-20(16-30)31-17-28-22-5-3-4-6-23(22)31/h3-9,11,13,15,17-18,20,29H,10,12,14,16H2,1-2H3. The van der Waals surface area contributed by atoms with E-state index in [2.05, 4.69) is 35.2 Å².